The number of halogens is 1. The van der Waals surface area contributed by atoms with Crippen molar-refractivity contribution in [2.24, 2.45) is 0 Å². The maximum Gasteiger partial charge on any atom is 0.128 e. The highest BCUT2D eigenvalue weighted by atomic mass is 79.9. The molecule has 2 aromatic rings. The summed E-state index contributed by atoms with van der Waals surface area (Å²) in [6.07, 6.45) is 1.14. The Bertz CT molecular complexity index is 556. The van der Waals surface area contributed by atoms with Crippen LogP contribution in [0, 0.1) is 0 Å². The van der Waals surface area contributed by atoms with Gasteiger partial charge in [-0.2, -0.15) is 0 Å². The second-order valence-corrected chi connectivity index (χ2v) is 5.72. The molecule has 0 fully saturated rings. The molecule has 0 saturated heterocycles. The Labute approximate surface area is 129 Å². The van der Waals surface area contributed by atoms with Crippen molar-refractivity contribution in [1.29, 1.82) is 0 Å². The van der Waals surface area contributed by atoms with E-state index in [1.165, 1.54) is 5.56 Å². The highest BCUT2D eigenvalue weighted by Gasteiger charge is 2.06. The van der Waals surface area contributed by atoms with Crippen LogP contribution in [0.1, 0.15) is 31.9 Å². The molecule has 1 N–H and O–H groups in total. The Kier molecular flexibility index (Phi) is 5.62. The molecule has 0 bridgehead atoms. The fourth-order valence-corrected chi connectivity index (χ4v) is 2.37. The average molecular weight is 334 g/mol. The number of hydrogen-bond acceptors (Lipinski definition) is 2. The fourth-order valence-electron chi connectivity index (χ4n) is 1.99. The molecule has 0 aliphatic heterocycles. The van der Waals surface area contributed by atoms with Crippen LogP contribution in [-0.2, 0) is 0 Å². The van der Waals surface area contributed by atoms with Gasteiger partial charge in [-0.15, -0.1) is 0 Å². The van der Waals surface area contributed by atoms with Crippen LogP contribution in [0.15, 0.2) is 53.0 Å². The van der Waals surface area contributed by atoms with Crippen LogP contribution in [-0.4, -0.2) is 6.54 Å². The number of hydrogen-bond donors (Lipinski definition) is 1. The van der Waals surface area contributed by atoms with Crippen molar-refractivity contribution in [2.75, 3.05) is 6.54 Å². The molecule has 2 nitrogen and oxygen atoms in total. The van der Waals surface area contributed by atoms with E-state index in [9.17, 15) is 0 Å². The molecule has 2 aromatic carbocycles. The van der Waals surface area contributed by atoms with Crippen molar-refractivity contribution in [2.45, 2.75) is 26.3 Å². The smallest absolute Gasteiger partial charge is 0.128 e. The molecule has 0 heterocycles. The summed E-state index contributed by atoms with van der Waals surface area (Å²) in [4.78, 5) is 0. The molecule has 1 atom stereocenters. The van der Waals surface area contributed by atoms with Crippen molar-refractivity contribution in [1.82, 2.24) is 5.32 Å². The van der Waals surface area contributed by atoms with Crippen LogP contribution in [0.25, 0.3) is 0 Å². The molecule has 1 unspecified atom stereocenters. The summed E-state index contributed by atoms with van der Waals surface area (Å²) in [6, 6.07) is 16.4. The minimum absolute atomic E-state index is 0.334. The molecule has 0 aliphatic rings. The van der Waals surface area contributed by atoms with E-state index < -0.39 is 0 Å². The molecule has 0 aliphatic carbocycles. The SMILES string of the molecule is CCCNC(C)c1cccc(Oc2cccc(Br)c2)c1. The van der Waals surface area contributed by atoms with Gasteiger partial charge >= 0.3 is 0 Å². The monoisotopic (exact) mass is 333 g/mol. The Balaban J connectivity index is 2.09. The summed E-state index contributed by atoms with van der Waals surface area (Å²) in [5, 5.41) is 3.49. The number of nitrogens with one attached hydrogen (secondary N) is 1. The first-order valence-electron chi connectivity index (χ1n) is 6.96. The maximum absolute atomic E-state index is 5.90. The van der Waals surface area contributed by atoms with Crippen molar-refractivity contribution >= 4 is 15.9 Å². The molecular weight excluding hydrogens is 314 g/mol. The van der Waals surface area contributed by atoms with Gasteiger partial charge in [-0.1, -0.05) is 41.1 Å². The van der Waals surface area contributed by atoms with E-state index in [0.29, 0.717) is 6.04 Å². The fraction of sp³-hybridized carbons (Fsp3) is 0.294. The highest BCUT2D eigenvalue weighted by molar-refractivity contribution is 9.10. The van der Waals surface area contributed by atoms with Crippen LogP contribution in [0.5, 0.6) is 11.5 Å². The molecule has 0 saturated carbocycles. The topological polar surface area (TPSA) is 21.3 Å². The van der Waals surface area contributed by atoms with Crippen molar-refractivity contribution in [3.05, 3.63) is 58.6 Å². The van der Waals surface area contributed by atoms with E-state index in [0.717, 1.165) is 28.9 Å². The van der Waals surface area contributed by atoms with Crippen molar-refractivity contribution < 1.29 is 4.74 Å². The lowest BCUT2D eigenvalue weighted by molar-refractivity contribution is 0.479. The van der Waals surface area contributed by atoms with Crippen LogP contribution in [0.2, 0.25) is 0 Å². The van der Waals surface area contributed by atoms with Crippen LogP contribution >= 0.6 is 15.9 Å². The average Bonchev–Trinajstić information content (AvgIpc) is 2.45. The lowest BCUT2D eigenvalue weighted by Crippen LogP contribution is -2.19. The largest absolute Gasteiger partial charge is 0.457 e. The quantitative estimate of drug-likeness (QED) is 0.774. The second kappa shape index (κ2) is 7.46. The third-order valence-corrected chi connectivity index (χ3v) is 3.58. The summed E-state index contributed by atoms with van der Waals surface area (Å²) >= 11 is 3.45. The van der Waals surface area contributed by atoms with E-state index >= 15 is 0 Å². The predicted octanol–water partition coefficient (Wildman–Crippen LogP) is 5.30. The summed E-state index contributed by atoms with van der Waals surface area (Å²) in [5.41, 5.74) is 1.24. The van der Waals surface area contributed by atoms with Crippen LogP contribution in [0.4, 0.5) is 0 Å². The van der Waals surface area contributed by atoms with Gasteiger partial charge in [-0.05, 0) is 55.8 Å². The number of benzene rings is 2. The molecule has 0 spiro atoms. The first kappa shape index (κ1) is 15.1. The Morgan fingerprint density at radius 1 is 1.10 bits per heavy atom. The van der Waals surface area contributed by atoms with Crippen LogP contribution in [0.3, 0.4) is 0 Å². The number of ether oxygens (including phenoxy) is 1. The molecule has 2 rings (SSSR count). The first-order valence-corrected chi connectivity index (χ1v) is 7.75. The van der Waals surface area contributed by atoms with E-state index in [2.05, 4.69) is 47.2 Å². The zero-order valence-corrected chi connectivity index (χ0v) is 13.5. The summed E-state index contributed by atoms with van der Waals surface area (Å²) < 4.78 is 6.91. The molecule has 106 valence electrons. The van der Waals surface area contributed by atoms with Gasteiger partial charge in [0.2, 0.25) is 0 Å². The zero-order valence-electron chi connectivity index (χ0n) is 11.9. The Morgan fingerprint density at radius 2 is 1.80 bits per heavy atom. The normalized spacial score (nSPS) is 12.2. The van der Waals surface area contributed by atoms with Crippen LogP contribution < -0.4 is 10.1 Å². The van der Waals surface area contributed by atoms with E-state index in [-0.39, 0.29) is 0 Å². The molecule has 20 heavy (non-hydrogen) atoms. The molecule has 0 aromatic heterocycles. The van der Waals surface area contributed by atoms with E-state index in [1.807, 2.05) is 36.4 Å². The van der Waals surface area contributed by atoms with Gasteiger partial charge in [0.1, 0.15) is 11.5 Å². The second-order valence-electron chi connectivity index (χ2n) is 4.81. The molecule has 0 amide bonds. The zero-order chi connectivity index (χ0) is 14.4. The minimum Gasteiger partial charge on any atom is -0.457 e. The van der Waals surface area contributed by atoms with Gasteiger partial charge in [0.25, 0.3) is 0 Å². The lowest BCUT2D eigenvalue weighted by atomic mass is 10.1. The van der Waals surface area contributed by atoms with E-state index in [1.54, 1.807) is 0 Å². The third kappa shape index (κ3) is 4.36. The van der Waals surface area contributed by atoms with Gasteiger partial charge in [-0.25, -0.2) is 0 Å². The maximum atomic E-state index is 5.90. The third-order valence-electron chi connectivity index (χ3n) is 3.09. The standard InChI is InChI=1S/C17H20BrNO/c1-3-10-19-13(2)14-6-4-8-16(11-14)20-17-9-5-7-15(18)12-17/h4-9,11-13,19H,3,10H2,1-2H3. The van der Waals surface area contributed by atoms with Gasteiger partial charge in [0.15, 0.2) is 0 Å². The number of rotatable bonds is 6. The summed E-state index contributed by atoms with van der Waals surface area (Å²) in [6.45, 7) is 5.37. The lowest BCUT2D eigenvalue weighted by Gasteiger charge is -2.15. The highest BCUT2D eigenvalue weighted by Crippen LogP contribution is 2.26. The van der Waals surface area contributed by atoms with Gasteiger partial charge < -0.3 is 10.1 Å². The summed E-state index contributed by atoms with van der Waals surface area (Å²) in [5.74, 6) is 1.71. The predicted molar refractivity (Wildman–Crippen MR) is 87.4 cm³/mol. The first-order chi connectivity index (χ1) is 9.69. The molecule has 0 radical (unpaired) electrons. The molecular formula is C17H20BrNO. The Morgan fingerprint density at radius 3 is 2.50 bits per heavy atom. The van der Waals surface area contributed by atoms with Crippen molar-refractivity contribution in [3.8, 4) is 11.5 Å². The molecule has 3 heteroatoms. The van der Waals surface area contributed by atoms with Gasteiger partial charge in [-0.3, -0.25) is 0 Å². The summed E-state index contributed by atoms with van der Waals surface area (Å²) in [7, 11) is 0. The Hall–Kier alpha value is -1.32. The van der Waals surface area contributed by atoms with E-state index in [4.69, 9.17) is 4.74 Å². The van der Waals surface area contributed by atoms with Crippen molar-refractivity contribution in [3.63, 3.8) is 0 Å². The van der Waals surface area contributed by atoms with Gasteiger partial charge in [0, 0.05) is 10.5 Å². The minimum atomic E-state index is 0.334. The van der Waals surface area contributed by atoms with Gasteiger partial charge in [0.05, 0.1) is 0 Å².